The van der Waals surface area contributed by atoms with Crippen LogP contribution in [0.1, 0.15) is 34.3 Å². The molecule has 3 rings (SSSR count). The van der Waals surface area contributed by atoms with Gasteiger partial charge in [0, 0.05) is 24.7 Å². The van der Waals surface area contributed by atoms with Gasteiger partial charge < -0.3 is 14.6 Å². The molecule has 0 saturated carbocycles. The molecule has 1 aromatic heterocycles. The monoisotopic (exact) mass is 404 g/mol. The lowest BCUT2D eigenvalue weighted by Gasteiger charge is -2.15. The van der Waals surface area contributed by atoms with Crippen LogP contribution < -0.4 is 10.9 Å². The van der Waals surface area contributed by atoms with E-state index < -0.39 is 15.7 Å². The Hall–Kier alpha value is -2.45. The quantitative estimate of drug-likeness (QED) is 0.825. The number of carbonyl (C=O) groups is 1. The van der Waals surface area contributed by atoms with Gasteiger partial charge in [0.15, 0.2) is 9.84 Å². The zero-order chi connectivity index (χ0) is 20.5. The standard InChI is InChI=1S/C20H24N2O5S/c1-13-6-7-16(28(3,25)26)11-17(13)21-19(23)18-14(2)8-9-22(20(18)24)12-15-5-4-10-27-15/h6-9,11,15H,4-5,10,12H2,1-3H3,(H,21,23). The second-order valence-electron chi connectivity index (χ2n) is 7.17. The van der Waals surface area contributed by atoms with Crippen molar-refractivity contribution in [1.82, 2.24) is 4.57 Å². The van der Waals surface area contributed by atoms with Crippen molar-refractivity contribution in [2.75, 3.05) is 18.2 Å². The number of aromatic nitrogens is 1. The van der Waals surface area contributed by atoms with Gasteiger partial charge in [0.2, 0.25) is 0 Å². The molecule has 1 N–H and O–H groups in total. The SMILES string of the molecule is Cc1ccc(S(C)(=O)=O)cc1NC(=O)c1c(C)ccn(CC2CCCO2)c1=O. The highest BCUT2D eigenvalue weighted by molar-refractivity contribution is 7.90. The van der Waals surface area contributed by atoms with Crippen molar-refractivity contribution in [2.24, 2.45) is 0 Å². The van der Waals surface area contributed by atoms with Crippen LogP contribution in [0.25, 0.3) is 0 Å². The maximum atomic E-state index is 12.9. The summed E-state index contributed by atoms with van der Waals surface area (Å²) >= 11 is 0. The highest BCUT2D eigenvalue weighted by Crippen LogP contribution is 2.21. The van der Waals surface area contributed by atoms with Crippen molar-refractivity contribution in [3.05, 3.63) is 57.5 Å². The van der Waals surface area contributed by atoms with Gasteiger partial charge in [0.25, 0.3) is 11.5 Å². The van der Waals surface area contributed by atoms with Crippen LogP contribution in [0.2, 0.25) is 0 Å². The summed E-state index contributed by atoms with van der Waals surface area (Å²) in [6, 6.07) is 6.25. The van der Waals surface area contributed by atoms with Crippen LogP contribution >= 0.6 is 0 Å². The molecule has 0 bridgehead atoms. The van der Waals surface area contributed by atoms with E-state index in [0.29, 0.717) is 30.0 Å². The number of nitrogens with zero attached hydrogens (tertiary/aromatic N) is 1. The van der Waals surface area contributed by atoms with Crippen molar-refractivity contribution in [1.29, 1.82) is 0 Å². The Labute approximate surface area is 164 Å². The molecule has 7 nitrogen and oxygen atoms in total. The Kier molecular flexibility index (Phi) is 5.71. The van der Waals surface area contributed by atoms with Gasteiger partial charge in [-0.3, -0.25) is 9.59 Å². The average molecular weight is 404 g/mol. The van der Waals surface area contributed by atoms with Crippen LogP contribution in [-0.4, -0.2) is 37.9 Å². The molecule has 2 heterocycles. The van der Waals surface area contributed by atoms with Gasteiger partial charge in [-0.15, -0.1) is 0 Å². The zero-order valence-corrected chi connectivity index (χ0v) is 17.0. The summed E-state index contributed by atoms with van der Waals surface area (Å²) in [7, 11) is -3.41. The largest absolute Gasteiger partial charge is 0.376 e. The highest BCUT2D eigenvalue weighted by Gasteiger charge is 2.21. The fourth-order valence-corrected chi connectivity index (χ4v) is 3.89. The van der Waals surface area contributed by atoms with E-state index in [0.717, 1.165) is 19.1 Å². The summed E-state index contributed by atoms with van der Waals surface area (Å²) in [4.78, 5) is 25.8. The van der Waals surface area contributed by atoms with E-state index in [2.05, 4.69) is 5.32 Å². The number of nitrogens with one attached hydrogen (secondary N) is 1. The molecule has 1 atom stereocenters. The van der Waals surface area contributed by atoms with Crippen molar-refractivity contribution in [2.45, 2.75) is 44.2 Å². The number of hydrogen-bond acceptors (Lipinski definition) is 5. The minimum atomic E-state index is -3.41. The van der Waals surface area contributed by atoms with E-state index >= 15 is 0 Å². The number of rotatable bonds is 5. The maximum Gasteiger partial charge on any atom is 0.263 e. The topological polar surface area (TPSA) is 94.5 Å². The minimum Gasteiger partial charge on any atom is -0.376 e. The molecule has 0 spiro atoms. The zero-order valence-electron chi connectivity index (χ0n) is 16.2. The molecule has 1 fully saturated rings. The van der Waals surface area contributed by atoms with Crippen molar-refractivity contribution >= 4 is 21.4 Å². The van der Waals surface area contributed by atoms with Crippen LogP contribution in [0.5, 0.6) is 0 Å². The molecule has 0 aliphatic carbocycles. The number of ether oxygens (including phenoxy) is 1. The first kappa shape index (κ1) is 20.3. The molecular formula is C20H24N2O5S. The first-order chi connectivity index (χ1) is 13.2. The second kappa shape index (κ2) is 7.89. The molecule has 2 aromatic rings. The Balaban J connectivity index is 1.91. The van der Waals surface area contributed by atoms with Gasteiger partial charge in [0.05, 0.1) is 17.5 Å². The smallest absolute Gasteiger partial charge is 0.263 e. The van der Waals surface area contributed by atoms with Gasteiger partial charge in [0.1, 0.15) is 5.56 Å². The van der Waals surface area contributed by atoms with Crippen LogP contribution in [0, 0.1) is 13.8 Å². The number of amides is 1. The molecule has 1 saturated heterocycles. The van der Waals surface area contributed by atoms with E-state index in [-0.39, 0.29) is 22.1 Å². The lowest BCUT2D eigenvalue weighted by Crippen LogP contribution is -2.33. The second-order valence-corrected chi connectivity index (χ2v) is 9.19. The third-order valence-corrected chi connectivity index (χ3v) is 6.02. The molecule has 1 aliphatic heterocycles. The minimum absolute atomic E-state index is 0.0231. The predicted octanol–water partition coefficient (Wildman–Crippen LogP) is 2.30. The Bertz CT molecular complexity index is 1070. The van der Waals surface area contributed by atoms with E-state index in [1.165, 1.54) is 16.7 Å². The van der Waals surface area contributed by atoms with E-state index in [1.54, 1.807) is 32.2 Å². The van der Waals surface area contributed by atoms with E-state index in [9.17, 15) is 18.0 Å². The number of hydrogen-bond donors (Lipinski definition) is 1. The fraction of sp³-hybridized carbons (Fsp3) is 0.400. The van der Waals surface area contributed by atoms with Gasteiger partial charge in [-0.05, 0) is 56.0 Å². The third kappa shape index (κ3) is 4.34. The summed E-state index contributed by atoms with van der Waals surface area (Å²) in [6.45, 7) is 4.55. The molecule has 28 heavy (non-hydrogen) atoms. The molecule has 1 unspecified atom stereocenters. The van der Waals surface area contributed by atoms with Crippen LogP contribution in [0.15, 0.2) is 40.2 Å². The summed E-state index contributed by atoms with van der Waals surface area (Å²) < 4.78 is 30.7. The summed E-state index contributed by atoms with van der Waals surface area (Å²) in [6.07, 6.45) is 4.61. The molecule has 0 radical (unpaired) electrons. The van der Waals surface area contributed by atoms with E-state index in [4.69, 9.17) is 4.74 Å². The molecule has 1 aliphatic rings. The van der Waals surface area contributed by atoms with Crippen molar-refractivity contribution in [3.63, 3.8) is 0 Å². The summed E-state index contributed by atoms with van der Waals surface area (Å²) in [5.74, 6) is -0.557. The Morgan fingerprint density at radius 1 is 1.25 bits per heavy atom. The molecule has 150 valence electrons. The van der Waals surface area contributed by atoms with E-state index in [1.807, 2.05) is 0 Å². The maximum absolute atomic E-state index is 12.9. The van der Waals surface area contributed by atoms with Crippen molar-refractivity contribution < 1.29 is 17.9 Å². The van der Waals surface area contributed by atoms with Crippen LogP contribution in [0.3, 0.4) is 0 Å². The van der Waals surface area contributed by atoms with Gasteiger partial charge >= 0.3 is 0 Å². The van der Waals surface area contributed by atoms with Gasteiger partial charge in [-0.1, -0.05) is 6.07 Å². The first-order valence-corrected chi connectivity index (χ1v) is 11.0. The summed E-state index contributed by atoms with van der Waals surface area (Å²) in [5.41, 5.74) is 1.29. The molecule has 8 heteroatoms. The fourth-order valence-electron chi connectivity index (χ4n) is 3.24. The number of aryl methyl sites for hydroxylation is 2. The lowest BCUT2D eigenvalue weighted by atomic mass is 10.1. The first-order valence-electron chi connectivity index (χ1n) is 9.10. The third-order valence-electron chi connectivity index (χ3n) is 4.91. The van der Waals surface area contributed by atoms with Crippen molar-refractivity contribution in [3.8, 4) is 0 Å². The number of sulfone groups is 1. The molecule has 1 amide bonds. The molecular weight excluding hydrogens is 380 g/mol. The number of benzene rings is 1. The number of carbonyl (C=O) groups excluding carboxylic acids is 1. The number of pyridine rings is 1. The van der Waals surface area contributed by atoms with Gasteiger partial charge in [-0.25, -0.2) is 8.42 Å². The van der Waals surface area contributed by atoms with Gasteiger partial charge in [-0.2, -0.15) is 0 Å². The average Bonchev–Trinajstić information content (AvgIpc) is 3.11. The van der Waals surface area contributed by atoms with Crippen LogP contribution in [0.4, 0.5) is 5.69 Å². The highest BCUT2D eigenvalue weighted by atomic mass is 32.2. The Morgan fingerprint density at radius 2 is 2.00 bits per heavy atom. The lowest BCUT2D eigenvalue weighted by molar-refractivity contribution is 0.0952. The summed E-state index contributed by atoms with van der Waals surface area (Å²) in [5, 5.41) is 2.69. The Morgan fingerprint density at radius 3 is 2.64 bits per heavy atom. The van der Waals surface area contributed by atoms with Crippen LogP contribution in [-0.2, 0) is 21.1 Å². The number of anilines is 1. The molecule has 1 aromatic carbocycles. The predicted molar refractivity (Wildman–Crippen MR) is 107 cm³/mol. The normalized spacial score (nSPS) is 16.9.